The normalized spacial score (nSPS) is 19.7. The number of aromatic hydroxyl groups is 1. The molecule has 1 aliphatic rings. The Bertz CT molecular complexity index is 792. The highest BCUT2D eigenvalue weighted by Gasteiger charge is 2.34. The summed E-state index contributed by atoms with van der Waals surface area (Å²) >= 11 is 0. The third kappa shape index (κ3) is 3.06. The highest BCUT2D eigenvalue weighted by Crippen LogP contribution is 2.45. The van der Waals surface area contributed by atoms with Crippen LogP contribution in [0.2, 0.25) is 0 Å². The highest BCUT2D eigenvalue weighted by atomic mass is 16.5. The van der Waals surface area contributed by atoms with E-state index in [0.717, 1.165) is 23.2 Å². The lowest BCUT2D eigenvalue weighted by atomic mass is 9.86. The molecule has 6 nitrogen and oxygen atoms in total. The maximum Gasteiger partial charge on any atom is 0.161 e. The number of nitrogens with zero attached hydrogens (tertiary/aromatic N) is 1. The summed E-state index contributed by atoms with van der Waals surface area (Å²) in [5.74, 6) is 1.91. The van der Waals surface area contributed by atoms with Gasteiger partial charge in [-0.25, -0.2) is 0 Å². The van der Waals surface area contributed by atoms with Crippen LogP contribution in [-0.2, 0) is 4.74 Å². The Kier molecular flexibility index (Phi) is 5.25. The first kappa shape index (κ1) is 18.4. The summed E-state index contributed by atoms with van der Waals surface area (Å²) in [5, 5.41) is 10.3. The predicted molar refractivity (Wildman–Crippen MR) is 98.4 cm³/mol. The third-order valence-corrected chi connectivity index (χ3v) is 4.93. The number of phenols is 1. The average molecular weight is 359 g/mol. The van der Waals surface area contributed by atoms with Crippen molar-refractivity contribution < 1.29 is 24.1 Å². The van der Waals surface area contributed by atoms with Crippen molar-refractivity contribution >= 4 is 0 Å². The Hall–Kier alpha value is -2.44. The Morgan fingerprint density at radius 1 is 0.885 bits per heavy atom. The maximum absolute atomic E-state index is 10.3. The van der Waals surface area contributed by atoms with Crippen LogP contribution in [0.25, 0.3) is 0 Å². The summed E-state index contributed by atoms with van der Waals surface area (Å²) in [4.78, 5) is 2.20. The van der Waals surface area contributed by atoms with Crippen LogP contribution in [0.1, 0.15) is 28.8 Å². The number of hydrogen-bond acceptors (Lipinski definition) is 6. The minimum atomic E-state index is -0.0964. The Labute approximate surface area is 153 Å². The van der Waals surface area contributed by atoms with E-state index >= 15 is 0 Å². The first-order chi connectivity index (χ1) is 12.5. The lowest BCUT2D eigenvalue weighted by molar-refractivity contribution is 0.0489. The van der Waals surface area contributed by atoms with Crippen LogP contribution in [-0.4, -0.2) is 52.0 Å². The number of methoxy groups -OCH3 is 4. The summed E-state index contributed by atoms with van der Waals surface area (Å²) in [7, 11) is 8.52. The molecule has 3 rings (SSSR count). The number of hydrogen-bond donors (Lipinski definition) is 1. The van der Waals surface area contributed by atoms with E-state index in [-0.39, 0.29) is 17.9 Å². The molecule has 1 N–H and O–H groups in total. The number of ether oxygens (including phenoxy) is 4. The van der Waals surface area contributed by atoms with Gasteiger partial charge in [0.25, 0.3) is 0 Å². The fraction of sp³-hybridized carbons (Fsp3) is 0.400. The van der Waals surface area contributed by atoms with Crippen LogP contribution in [0, 0.1) is 0 Å². The predicted octanol–water partition coefficient (Wildman–Crippen LogP) is 3.14. The molecular weight excluding hydrogens is 334 g/mol. The number of rotatable bonds is 5. The van der Waals surface area contributed by atoms with Crippen molar-refractivity contribution in [3.8, 4) is 23.0 Å². The van der Waals surface area contributed by atoms with Crippen LogP contribution in [0.15, 0.2) is 30.3 Å². The SMILES string of the molecule is COc1cc2c(cc1O)C(c1ccc(OC)c(OC)c1)N(C)CC2OC. The van der Waals surface area contributed by atoms with Gasteiger partial charge in [-0.1, -0.05) is 6.07 Å². The van der Waals surface area contributed by atoms with E-state index in [1.807, 2.05) is 31.3 Å². The van der Waals surface area contributed by atoms with Gasteiger partial charge in [0.1, 0.15) is 0 Å². The summed E-state index contributed by atoms with van der Waals surface area (Å²) in [6.07, 6.45) is -0.0964. The number of likely N-dealkylation sites (N-methyl/N-ethyl adjacent to an activating group) is 1. The second-order valence-electron chi connectivity index (χ2n) is 6.33. The molecule has 2 atom stereocenters. The van der Waals surface area contributed by atoms with Gasteiger partial charge in [-0.15, -0.1) is 0 Å². The monoisotopic (exact) mass is 359 g/mol. The minimum Gasteiger partial charge on any atom is -0.504 e. The van der Waals surface area contributed by atoms with Gasteiger partial charge in [-0.2, -0.15) is 0 Å². The molecule has 26 heavy (non-hydrogen) atoms. The van der Waals surface area contributed by atoms with Gasteiger partial charge >= 0.3 is 0 Å². The molecule has 0 aliphatic carbocycles. The zero-order chi connectivity index (χ0) is 18.8. The molecular formula is C20H25NO5. The molecule has 1 aliphatic heterocycles. The van der Waals surface area contributed by atoms with Gasteiger partial charge in [-0.05, 0) is 48.0 Å². The fourth-order valence-electron chi connectivity index (χ4n) is 3.64. The smallest absolute Gasteiger partial charge is 0.161 e. The third-order valence-electron chi connectivity index (χ3n) is 4.93. The molecule has 0 amide bonds. The number of benzene rings is 2. The second kappa shape index (κ2) is 7.43. The molecule has 0 bridgehead atoms. The largest absolute Gasteiger partial charge is 0.504 e. The standard InChI is InChI=1S/C20H25NO5/c1-21-11-19(26-5)13-10-17(24-3)15(22)9-14(13)20(21)12-6-7-16(23-2)18(8-12)25-4/h6-10,19-20,22H,11H2,1-5H3. The van der Waals surface area contributed by atoms with E-state index in [1.54, 1.807) is 34.5 Å². The van der Waals surface area contributed by atoms with Gasteiger partial charge in [0.05, 0.1) is 33.5 Å². The van der Waals surface area contributed by atoms with Crippen molar-refractivity contribution in [3.63, 3.8) is 0 Å². The van der Waals surface area contributed by atoms with Gasteiger partial charge in [0, 0.05) is 13.7 Å². The van der Waals surface area contributed by atoms with Crippen molar-refractivity contribution in [2.45, 2.75) is 12.1 Å². The van der Waals surface area contributed by atoms with Crippen molar-refractivity contribution in [2.24, 2.45) is 0 Å². The summed E-state index contributed by atoms with van der Waals surface area (Å²) < 4.78 is 21.8. The Morgan fingerprint density at radius 3 is 2.19 bits per heavy atom. The molecule has 1 heterocycles. The zero-order valence-corrected chi connectivity index (χ0v) is 15.8. The zero-order valence-electron chi connectivity index (χ0n) is 15.8. The van der Waals surface area contributed by atoms with Crippen molar-refractivity contribution in [3.05, 3.63) is 47.0 Å². The van der Waals surface area contributed by atoms with Crippen molar-refractivity contribution in [1.29, 1.82) is 0 Å². The van der Waals surface area contributed by atoms with Crippen LogP contribution in [0.3, 0.4) is 0 Å². The molecule has 0 fully saturated rings. The Balaban J connectivity index is 2.15. The van der Waals surface area contributed by atoms with E-state index in [0.29, 0.717) is 17.2 Å². The van der Waals surface area contributed by atoms with E-state index in [9.17, 15) is 5.11 Å². The minimum absolute atomic E-state index is 0.0481. The highest BCUT2D eigenvalue weighted by molar-refractivity contribution is 5.53. The summed E-state index contributed by atoms with van der Waals surface area (Å²) in [6.45, 7) is 0.719. The average Bonchev–Trinajstić information content (AvgIpc) is 2.66. The van der Waals surface area contributed by atoms with Gasteiger partial charge < -0.3 is 24.1 Å². The number of phenolic OH excluding ortho intramolecular Hbond substituents is 1. The molecule has 0 radical (unpaired) electrons. The van der Waals surface area contributed by atoms with Crippen molar-refractivity contribution in [1.82, 2.24) is 4.90 Å². The van der Waals surface area contributed by atoms with Crippen molar-refractivity contribution in [2.75, 3.05) is 42.0 Å². The molecule has 0 spiro atoms. The Morgan fingerprint density at radius 2 is 1.58 bits per heavy atom. The van der Waals surface area contributed by atoms with E-state index in [2.05, 4.69) is 4.90 Å². The lowest BCUT2D eigenvalue weighted by Crippen LogP contribution is -2.36. The van der Waals surface area contributed by atoms with E-state index in [1.165, 1.54) is 0 Å². The van der Waals surface area contributed by atoms with Crippen LogP contribution < -0.4 is 14.2 Å². The molecule has 2 unspecified atom stereocenters. The first-order valence-electron chi connectivity index (χ1n) is 8.39. The van der Waals surface area contributed by atoms with Crippen LogP contribution in [0.5, 0.6) is 23.0 Å². The quantitative estimate of drug-likeness (QED) is 0.885. The second-order valence-corrected chi connectivity index (χ2v) is 6.33. The van der Waals surface area contributed by atoms with E-state index in [4.69, 9.17) is 18.9 Å². The molecule has 0 saturated carbocycles. The van der Waals surface area contributed by atoms with Crippen LogP contribution in [0.4, 0.5) is 0 Å². The lowest BCUT2D eigenvalue weighted by Gasteiger charge is -2.39. The van der Waals surface area contributed by atoms with Gasteiger partial charge in [0.15, 0.2) is 23.0 Å². The summed E-state index contributed by atoms with van der Waals surface area (Å²) in [6, 6.07) is 9.46. The fourth-order valence-corrected chi connectivity index (χ4v) is 3.64. The van der Waals surface area contributed by atoms with E-state index < -0.39 is 0 Å². The molecule has 0 saturated heterocycles. The van der Waals surface area contributed by atoms with Crippen LogP contribution >= 0.6 is 0 Å². The molecule has 2 aromatic rings. The van der Waals surface area contributed by atoms with Gasteiger partial charge in [0.2, 0.25) is 0 Å². The first-order valence-corrected chi connectivity index (χ1v) is 8.39. The topological polar surface area (TPSA) is 60.4 Å². The number of fused-ring (bicyclic) bond motifs is 1. The molecule has 6 heteroatoms. The maximum atomic E-state index is 10.3. The molecule has 2 aromatic carbocycles. The molecule has 0 aromatic heterocycles. The molecule has 140 valence electrons. The summed E-state index contributed by atoms with van der Waals surface area (Å²) in [5.41, 5.74) is 3.04. The van der Waals surface area contributed by atoms with Gasteiger partial charge in [-0.3, -0.25) is 4.90 Å².